The molecule has 0 amide bonds. The van der Waals surface area contributed by atoms with E-state index in [4.69, 9.17) is 9.15 Å². The maximum absolute atomic E-state index is 12.5. The van der Waals surface area contributed by atoms with Crippen LogP contribution in [-0.4, -0.2) is 37.8 Å². The van der Waals surface area contributed by atoms with E-state index in [-0.39, 0.29) is 23.7 Å². The molecule has 1 atom stereocenters. The summed E-state index contributed by atoms with van der Waals surface area (Å²) in [5, 5.41) is 12.5. The van der Waals surface area contributed by atoms with Crippen molar-refractivity contribution >= 4 is 0 Å². The molecule has 0 aliphatic carbocycles. The van der Waals surface area contributed by atoms with Gasteiger partial charge >= 0.3 is 5.69 Å². The highest BCUT2D eigenvalue weighted by molar-refractivity contribution is 4.96. The monoisotopic (exact) mass is 321 g/mol. The Morgan fingerprint density at radius 2 is 2.09 bits per heavy atom. The Kier molecular flexibility index (Phi) is 4.09. The minimum Gasteiger partial charge on any atom is -0.423 e. The van der Waals surface area contributed by atoms with Crippen molar-refractivity contribution in [2.45, 2.75) is 58.5 Å². The number of hydrogen-bond acceptors (Lipinski definition) is 6. The minimum atomic E-state index is -0.369. The summed E-state index contributed by atoms with van der Waals surface area (Å²) in [7, 11) is 0. The van der Waals surface area contributed by atoms with Crippen molar-refractivity contribution in [3.8, 4) is 0 Å². The lowest BCUT2D eigenvalue weighted by molar-refractivity contribution is 0.0721. The molecule has 0 spiro atoms. The van der Waals surface area contributed by atoms with Gasteiger partial charge in [0.25, 0.3) is 0 Å². The summed E-state index contributed by atoms with van der Waals surface area (Å²) in [5.41, 5.74) is -0.539. The summed E-state index contributed by atoms with van der Waals surface area (Å²) in [5.74, 6) is 1.80. The number of ether oxygens (including phenoxy) is 1. The number of hydrogen-bond donors (Lipinski definition) is 0. The van der Waals surface area contributed by atoms with Crippen molar-refractivity contribution in [2.75, 3.05) is 13.2 Å². The molecule has 23 heavy (non-hydrogen) atoms. The van der Waals surface area contributed by atoms with E-state index in [1.54, 1.807) is 11.5 Å². The molecule has 3 heterocycles. The summed E-state index contributed by atoms with van der Waals surface area (Å²) in [4.78, 5) is 12.5. The molecule has 8 heteroatoms. The van der Waals surface area contributed by atoms with Crippen molar-refractivity contribution in [3.63, 3.8) is 0 Å². The normalized spacial score (nSPS) is 19.2. The molecular formula is C15H23N5O3. The van der Waals surface area contributed by atoms with Gasteiger partial charge in [0.15, 0.2) is 0 Å². The maximum Gasteiger partial charge on any atom is 0.346 e. The van der Waals surface area contributed by atoms with E-state index in [9.17, 15) is 4.79 Å². The van der Waals surface area contributed by atoms with Gasteiger partial charge in [0.1, 0.15) is 12.4 Å². The molecule has 2 aromatic rings. The minimum absolute atomic E-state index is 0.153. The van der Waals surface area contributed by atoms with Crippen LogP contribution in [0, 0.1) is 6.92 Å². The predicted octanol–water partition coefficient (Wildman–Crippen LogP) is 1.43. The van der Waals surface area contributed by atoms with Gasteiger partial charge in [-0.2, -0.15) is 5.10 Å². The fourth-order valence-electron chi connectivity index (χ4n) is 2.68. The highest BCUT2D eigenvalue weighted by Gasteiger charge is 2.24. The molecule has 0 radical (unpaired) electrons. The first kappa shape index (κ1) is 15.9. The average molecular weight is 321 g/mol. The molecule has 0 bridgehead atoms. The summed E-state index contributed by atoms with van der Waals surface area (Å²) < 4.78 is 14.2. The Hall–Kier alpha value is -1.96. The molecule has 0 aromatic carbocycles. The van der Waals surface area contributed by atoms with Crippen LogP contribution in [-0.2, 0) is 16.8 Å². The van der Waals surface area contributed by atoms with Gasteiger partial charge < -0.3 is 9.15 Å². The predicted molar refractivity (Wildman–Crippen MR) is 82.4 cm³/mol. The first-order valence-electron chi connectivity index (χ1n) is 7.93. The Labute approximate surface area is 134 Å². The van der Waals surface area contributed by atoms with E-state index >= 15 is 0 Å². The van der Waals surface area contributed by atoms with E-state index in [0.717, 1.165) is 19.4 Å². The third-order valence-corrected chi connectivity index (χ3v) is 3.97. The summed E-state index contributed by atoms with van der Waals surface area (Å²) in [6.45, 7) is 9.27. The van der Waals surface area contributed by atoms with Crippen LogP contribution in [0.1, 0.15) is 57.1 Å². The zero-order valence-corrected chi connectivity index (χ0v) is 14.1. The van der Waals surface area contributed by atoms with Crippen LogP contribution in [0.3, 0.4) is 0 Å². The molecule has 1 aliphatic rings. The van der Waals surface area contributed by atoms with Gasteiger partial charge in [-0.15, -0.1) is 10.2 Å². The molecule has 126 valence electrons. The fraction of sp³-hybridized carbons (Fsp3) is 0.733. The van der Waals surface area contributed by atoms with Gasteiger partial charge in [0, 0.05) is 6.61 Å². The Balaban J connectivity index is 1.82. The first-order valence-corrected chi connectivity index (χ1v) is 7.93. The highest BCUT2D eigenvalue weighted by atomic mass is 16.5. The smallest absolute Gasteiger partial charge is 0.346 e. The van der Waals surface area contributed by atoms with Crippen molar-refractivity contribution < 1.29 is 9.15 Å². The number of rotatable bonds is 3. The Morgan fingerprint density at radius 3 is 2.70 bits per heavy atom. The topological polar surface area (TPSA) is 88.0 Å². The fourth-order valence-corrected chi connectivity index (χ4v) is 2.68. The van der Waals surface area contributed by atoms with Gasteiger partial charge in [-0.05, 0) is 40.5 Å². The first-order chi connectivity index (χ1) is 10.9. The summed E-state index contributed by atoms with van der Waals surface area (Å²) >= 11 is 0. The van der Waals surface area contributed by atoms with Crippen molar-refractivity contribution in [2.24, 2.45) is 0 Å². The molecule has 1 saturated heterocycles. The van der Waals surface area contributed by atoms with Gasteiger partial charge in [-0.1, -0.05) is 0 Å². The molecule has 8 nitrogen and oxygen atoms in total. The summed E-state index contributed by atoms with van der Waals surface area (Å²) in [6.07, 6.45) is 1.99. The third kappa shape index (κ3) is 3.21. The van der Waals surface area contributed by atoms with Crippen LogP contribution in [0.2, 0.25) is 0 Å². The van der Waals surface area contributed by atoms with Crippen LogP contribution in [0.4, 0.5) is 0 Å². The van der Waals surface area contributed by atoms with Crippen LogP contribution in [0.25, 0.3) is 0 Å². The van der Waals surface area contributed by atoms with Gasteiger partial charge in [-0.3, -0.25) is 4.57 Å². The molecule has 0 saturated carbocycles. The molecule has 0 N–H and O–H groups in total. The average Bonchev–Trinajstić information content (AvgIpc) is 3.08. The Morgan fingerprint density at radius 1 is 1.30 bits per heavy atom. The molecule has 1 unspecified atom stereocenters. The second-order valence-electron chi connectivity index (χ2n) is 6.95. The van der Waals surface area contributed by atoms with Crippen molar-refractivity contribution in [1.29, 1.82) is 0 Å². The second-order valence-corrected chi connectivity index (χ2v) is 6.95. The number of aromatic nitrogens is 5. The number of nitrogens with zero attached hydrogens (tertiary/aromatic N) is 5. The van der Waals surface area contributed by atoms with E-state index in [1.807, 2.05) is 20.8 Å². The third-order valence-electron chi connectivity index (χ3n) is 3.97. The quantitative estimate of drug-likeness (QED) is 0.850. The Bertz CT molecular complexity index is 731. The number of aryl methyl sites for hydroxylation is 1. The molecule has 1 aliphatic heterocycles. The standard InChI is InChI=1S/C15H23N5O3/c1-10-18-20(15(2,3)4)14(21)19(10)8-12-16-17-13(23-12)11-6-5-7-22-9-11/h11H,5-9H2,1-4H3. The lowest BCUT2D eigenvalue weighted by Gasteiger charge is -2.18. The van der Waals surface area contributed by atoms with Crippen LogP contribution in [0.5, 0.6) is 0 Å². The van der Waals surface area contributed by atoms with Crippen molar-refractivity contribution in [1.82, 2.24) is 24.5 Å². The second kappa shape index (κ2) is 5.92. The van der Waals surface area contributed by atoms with Gasteiger partial charge in [-0.25, -0.2) is 9.48 Å². The highest BCUT2D eigenvalue weighted by Crippen LogP contribution is 2.24. The van der Waals surface area contributed by atoms with E-state index in [2.05, 4.69) is 15.3 Å². The maximum atomic E-state index is 12.5. The van der Waals surface area contributed by atoms with E-state index < -0.39 is 0 Å². The van der Waals surface area contributed by atoms with Crippen LogP contribution in [0.15, 0.2) is 9.21 Å². The lowest BCUT2D eigenvalue weighted by Crippen LogP contribution is -2.36. The van der Waals surface area contributed by atoms with Gasteiger partial charge in [0.05, 0.1) is 18.1 Å². The zero-order valence-electron chi connectivity index (χ0n) is 14.1. The summed E-state index contributed by atoms with van der Waals surface area (Å²) in [6, 6.07) is 0. The van der Waals surface area contributed by atoms with Crippen molar-refractivity contribution in [3.05, 3.63) is 28.1 Å². The SMILES string of the molecule is Cc1nn(C(C)(C)C)c(=O)n1Cc1nnc(C2CCCOC2)o1. The van der Waals surface area contributed by atoms with Gasteiger partial charge in [0.2, 0.25) is 11.8 Å². The van der Waals surface area contributed by atoms with E-state index in [0.29, 0.717) is 24.2 Å². The van der Waals surface area contributed by atoms with Crippen LogP contribution >= 0.6 is 0 Å². The largest absolute Gasteiger partial charge is 0.423 e. The van der Waals surface area contributed by atoms with E-state index in [1.165, 1.54) is 4.68 Å². The van der Waals surface area contributed by atoms with Crippen LogP contribution < -0.4 is 5.69 Å². The molecule has 3 rings (SSSR count). The zero-order chi connectivity index (χ0) is 16.6. The molecule has 2 aromatic heterocycles. The molecular weight excluding hydrogens is 298 g/mol. The lowest BCUT2D eigenvalue weighted by atomic mass is 10.0. The molecule has 1 fully saturated rings.